The fraction of sp³-hybridized carbons (Fsp3) is 0.750. The second kappa shape index (κ2) is 5.62. The van der Waals surface area contributed by atoms with E-state index < -0.39 is 5.60 Å². The molecule has 0 saturated carbocycles. The smallest absolute Gasteiger partial charge is 0.410 e. The summed E-state index contributed by atoms with van der Waals surface area (Å²) in [5.41, 5.74) is 0.987. The summed E-state index contributed by atoms with van der Waals surface area (Å²) in [7, 11) is 0. The molecule has 0 unspecified atom stereocenters. The SMILES string of the molecule is CC(C)(C)OC(=O)N1CC=C(CCS)CC1. The van der Waals surface area contributed by atoms with Crippen LogP contribution in [0.1, 0.15) is 33.6 Å². The predicted octanol–water partition coefficient (Wildman–Crippen LogP) is 2.87. The van der Waals surface area contributed by atoms with E-state index in [1.54, 1.807) is 4.90 Å². The van der Waals surface area contributed by atoms with Gasteiger partial charge in [0.15, 0.2) is 0 Å². The first-order valence-electron chi connectivity index (χ1n) is 5.69. The molecule has 16 heavy (non-hydrogen) atoms. The lowest BCUT2D eigenvalue weighted by Crippen LogP contribution is -2.39. The molecular weight excluding hydrogens is 222 g/mol. The maximum Gasteiger partial charge on any atom is 0.410 e. The fourth-order valence-electron chi connectivity index (χ4n) is 1.57. The van der Waals surface area contributed by atoms with Crippen LogP contribution in [0.2, 0.25) is 0 Å². The quantitative estimate of drug-likeness (QED) is 0.597. The highest BCUT2D eigenvalue weighted by Gasteiger charge is 2.23. The van der Waals surface area contributed by atoms with Crippen LogP contribution in [0.25, 0.3) is 0 Å². The molecule has 0 N–H and O–H groups in total. The molecule has 92 valence electrons. The lowest BCUT2D eigenvalue weighted by molar-refractivity contribution is 0.0265. The molecule has 1 amide bonds. The molecule has 3 nitrogen and oxygen atoms in total. The molecule has 0 spiro atoms. The Morgan fingerprint density at radius 2 is 2.25 bits per heavy atom. The zero-order chi connectivity index (χ0) is 12.2. The molecule has 0 aromatic heterocycles. The Labute approximate surface area is 103 Å². The Balaban J connectivity index is 2.44. The minimum absolute atomic E-state index is 0.214. The van der Waals surface area contributed by atoms with Gasteiger partial charge in [0.2, 0.25) is 0 Å². The molecule has 1 heterocycles. The molecular formula is C12H21NO2S. The van der Waals surface area contributed by atoms with E-state index in [-0.39, 0.29) is 6.09 Å². The van der Waals surface area contributed by atoms with Gasteiger partial charge < -0.3 is 9.64 Å². The lowest BCUT2D eigenvalue weighted by atomic mass is 10.1. The first-order valence-corrected chi connectivity index (χ1v) is 6.32. The van der Waals surface area contributed by atoms with E-state index in [1.165, 1.54) is 5.57 Å². The molecule has 1 aliphatic heterocycles. The Hall–Kier alpha value is -0.640. The topological polar surface area (TPSA) is 29.5 Å². The fourth-order valence-corrected chi connectivity index (χ4v) is 1.86. The number of carbonyl (C=O) groups is 1. The summed E-state index contributed by atoms with van der Waals surface area (Å²) in [5.74, 6) is 0.873. The van der Waals surface area contributed by atoms with Crippen LogP contribution in [-0.2, 0) is 4.74 Å². The van der Waals surface area contributed by atoms with E-state index >= 15 is 0 Å². The minimum Gasteiger partial charge on any atom is -0.444 e. The summed E-state index contributed by atoms with van der Waals surface area (Å²) in [6, 6.07) is 0. The van der Waals surface area contributed by atoms with Crippen LogP contribution < -0.4 is 0 Å². The van der Waals surface area contributed by atoms with Gasteiger partial charge in [0, 0.05) is 13.1 Å². The van der Waals surface area contributed by atoms with Crippen molar-refractivity contribution in [2.45, 2.75) is 39.2 Å². The highest BCUT2D eigenvalue weighted by atomic mass is 32.1. The molecule has 0 aromatic carbocycles. The zero-order valence-corrected chi connectivity index (χ0v) is 11.2. The van der Waals surface area contributed by atoms with Crippen molar-refractivity contribution in [3.05, 3.63) is 11.6 Å². The van der Waals surface area contributed by atoms with E-state index in [0.717, 1.165) is 25.1 Å². The number of thiol groups is 1. The summed E-state index contributed by atoms with van der Waals surface area (Å²) in [6.07, 6.45) is 3.86. The summed E-state index contributed by atoms with van der Waals surface area (Å²) >= 11 is 4.20. The Kier molecular flexibility index (Phi) is 4.71. The van der Waals surface area contributed by atoms with Gasteiger partial charge in [-0.2, -0.15) is 12.6 Å². The summed E-state index contributed by atoms with van der Waals surface area (Å²) < 4.78 is 5.32. The largest absolute Gasteiger partial charge is 0.444 e. The van der Waals surface area contributed by atoms with Crippen LogP contribution in [0.5, 0.6) is 0 Å². The molecule has 1 aliphatic rings. The number of rotatable bonds is 2. The van der Waals surface area contributed by atoms with Gasteiger partial charge in [-0.25, -0.2) is 4.79 Å². The van der Waals surface area contributed by atoms with Crippen LogP contribution >= 0.6 is 12.6 Å². The molecule has 0 saturated heterocycles. The first kappa shape index (κ1) is 13.4. The second-order valence-electron chi connectivity index (χ2n) is 5.01. The van der Waals surface area contributed by atoms with Crippen LogP contribution in [0.4, 0.5) is 4.79 Å². The number of nitrogens with zero attached hydrogens (tertiary/aromatic N) is 1. The molecule has 0 bridgehead atoms. The van der Waals surface area contributed by atoms with Gasteiger partial charge in [0.25, 0.3) is 0 Å². The van der Waals surface area contributed by atoms with Gasteiger partial charge >= 0.3 is 6.09 Å². The van der Waals surface area contributed by atoms with Crippen molar-refractivity contribution >= 4 is 18.7 Å². The molecule has 0 radical (unpaired) electrons. The summed E-state index contributed by atoms with van der Waals surface area (Å²) in [5, 5.41) is 0. The average molecular weight is 243 g/mol. The second-order valence-corrected chi connectivity index (χ2v) is 5.46. The van der Waals surface area contributed by atoms with Crippen molar-refractivity contribution in [2.24, 2.45) is 0 Å². The van der Waals surface area contributed by atoms with E-state index in [2.05, 4.69) is 18.7 Å². The van der Waals surface area contributed by atoms with Gasteiger partial charge in [-0.15, -0.1) is 0 Å². The Morgan fingerprint density at radius 1 is 1.56 bits per heavy atom. The highest BCUT2D eigenvalue weighted by molar-refractivity contribution is 7.80. The molecule has 0 atom stereocenters. The number of amides is 1. The van der Waals surface area contributed by atoms with Gasteiger partial charge in [0.05, 0.1) is 0 Å². The third-order valence-electron chi connectivity index (χ3n) is 2.39. The van der Waals surface area contributed by atoms with Crippen LogP contribution in [-0.4, -0.2) is 35.4 Å². The third kappa shape index (κ3) is 4.47. The van der Waals surface area contributed by atoms with Crippen LogP contribution in [0, 0.1) is 0 Å². The molecule has 0 fully saturated rings. The van der Waals surface area contributed by atoms with Gasteiger partial charge in [-0.05, 0) is 39.4 Å². The normalized spacial score (nSPS) is 17.0. The van der Waals surface area contributed by atoms with Crippen molar-refractivity contribution in [3.8, 4) is 0 Å². The van der Waals surface area contributed by atoms with E-state index in [0.29, 0.717) is 6.54 Å². The standard InChI is InChI=1S/C12H21NO2S/c1-12(2,3)15-11(14)13-7-4-10(5-8-13)6-9-16/h4,16H,5-9H2,1-3H3. The molecule has 0 aliphatic carbocycles. The van der Waals surface area contributed by atoms with Crippen molar-refractivity contribution < 1.29 is 9.53 Å². The zero-order valence-electron chi connectivity index (χ0n) is 10.3. The molecule has 0 aromatic rings. The van der Waals surface area contributed by atoms with Gasteiger partial charge in [0.1, 0.15) is 5.60 Å². The number of carbonyl (C=O) groups excluding carboxylic acids is 1. The summed E-state index contributed by atoms with van der Waals surface area (Å²) in [4.78, 5) is 13.5. The maximum atomic E-state index is 11.7. The number of hydrogen-bond acceptors (Lipinski definition) is 3. The van der Waals surface area contributed by atoms with E-state index in [9.17, 15) is 4.79 Å². The minimum atomic E-state index is -0.411. The van der Waals surface area contributed by atoms with Gasteiger partial charge in [-0.1, -0.05) is 11.6 Å². The molecule has 4 heteroatoms. The maximum absolute atomic E-state index is 11.7. The van der Waals surface area contributed by atoms with Crippen LogP contribution in [0.3, 0.4) is 0 Å². The van der Waals surface area contributed by atoms with Crippen molar-refractivity contribution in [1.82, 2.24) is 4.90 Å². The summed E-state index contributed by atoms with van der Waals surface area (Å²) in [6.45, 7) is 7.08. The monoisotopic (exact) mass is 243 g/mol. The first-order chi connectivity index (χ1) is 7.42. The lowest BCUT2D eigenvalue weighted by Gasteiger charge is -2.29. The van der Waals surface area contributed by atoms with Crippen molar-refractivity contribution in [1.29, 1.82) is 0 Å². The Bertz CT molecular complexity index is 281. The van der Waals surface area contributed by atoms with Crippen LogP contribution in [0.15, 0.2) is 11.6 Å². The predicted molar refractivity (Wildman–Crippen MR) is 69.0 cm³/mol. The number of hydrogen-bond donors (Lipinski definition) is 1. The van der Waals surface area contributed by atoms with E-state index in [4.69, 9.17) is 4.74 Å². The average Bonchev–Trinajstić information content (AvgIpc) is 2.16. The number of ether oxygens (including phenoxy) is 1. The van der Waals surface area contributed by atoms with E-state index in [1.807, 2.05) is 20.8 Å². The van der Waals surface area contributed by atoms with Gasteiger partial charge in [-0.3, -0.25) is 0 Å². The van der Waals surface area contributed by atoms with Crippen molar-refractivity contribution in [3.63, 3.8) is 0 Å². The molecule has 1 rings (SSSR count). The Morgan fingerprint density at radius 3 is 2.69 bits per heavy atom. The third-order valence-corrected chi connectivity index (χ3v) is 2.61. The highest BCUT2D eigenvalue weighted by Crippen LogP contribution is 2.17. The van der Waals surface area contributed by atoms with Crippen molar-refractivity contribution in [2.75, 3.05) is 18.8 Å².